The van der Waals surface area contributed by atoms with Crippen LogP contribution >= 0.6 is 0 Å². The van der Waals surface area contributed by atoms with Gasteiger partial charge in [0.1, 0.15) is 0 Å². The van der Waals surface area contributed by atoms with Crippen molar-refractivity contribution >= 4 is 10.0 Å². The number of rotatable bonds is 9. The summed E-state index contributed by atoms with van der Waals surface area (Å²) in [6.45, 7) is 2.88. The van der Waals surface area contributed by atoms with E-state index in [1.54, 1.807) is 0 Å². The van der Waals surface area contributed by atoms with Gasteiger partial charge in [0.05, 0.1) is 16.6 Å². The summed E-state index contributed by atoms with van der Waals surface area (Å²) in [6.07, 6.45) is 0.610. The zero-order valence-corrected chi connectivity index (χ0v) is 19.0. The molecule has 1 fully saturated rings. The predicted octanol–water partition coefficient (Wildman–Crippen LogP) is 4.38. The standard InChI is InChI=1S/C21H33F3N2O3S/c1-16(25(2)3)6-5-15-29-19-11-9-18(10-12-19)26(4)30(27,28)20-13-7-17(8-14-20)21(22,23)24/h7-8,13-14,16,18-19H,5-6,9-12,15H2,1-4H3/t16?,18-,19-. The predicted molar refractivity (Wildman–Crippen MR) is 111 cm³/mol. The summed E-state index contributed by atoms with van der Waals surface area (Å²) in [5.74, 6) is 0. The molecule has 172 valence electrons. The zero-order valence-electron chi connectivity index (χ0n) is 18.2. The maximum absolute atomic E-state index is 12.8. The Hall–Kier alpha value is -1.16. The molecule has 0 spiro atoms. The molecule has 1 atom stereocenters. The highest BCUT2D eigenvalue weighted by Crippen LogP contribution is 2.32. The molecule has 0 N–H and O–H groups in total. The quantitative estimate of drug-likeness (QED) is 0.524. The van der Waals surface area contributed by atoms with Crippen molar-refractivity contribution in [3.63, 3.8) is 0 Å². The number of nitrogens with zero attached hydrogens (tertiary/aromatic N) is 2. The van der Waals surface area contributed by atoms with E-state index >= 15 is 0 Å². The Kier molecular flexibility index (Phi) is 8.73. The smallest absolute Gasteiger partial charge is 0.378 e. The molecule has 5 nitrogen and oxygen atoms in total. The second-order valence-corrected chi connectivity index (χ2v) is 10.3. The maximum Gasteiger partial charge on any atom is 0.416 e. The van der Waals surface area contributed by atoms with Crippen molar-refractivity contribution in [1.29, 1.82) is 0 Å². The number of sulfonamides is 1. The Morgan fingerprint density at radius 1 is 1.07 bits per heavy atom. The normalized spacial score (nSPS) is 21.9. The van der Waals surface area contributed by atoms with E-state index in [1.807, 2.05) is 0 Å². The summed E-state index contributed by atoms with van der Waals surface area (Å²) in [7, 11) is 1.78. The molecule has 0 saturated heterocycles. The van der Waals surface area contributed by atoms with Gasteiger partial charge in [0, 0.05) is 25.7 Å². The lowest BCUT2D eigenvalue weighted by atomic mass is 9.93. The van der Waals surface area contributed by atoms with E-state index in [-0.39, 0.29) is 17.0 Å². The van der Waals surface area contributed by atoms with Crippen LogP contribution < -0.4 is 0 Å². The fourth-order valence-corrected chi connectivity index (χ4v) is 5.06. The number of ether oxygens (including phenoxy) is 1. The summed E-state index contributed by atoms with van der Waals surface area (Å²) in [5.41, 5.74) is -0.860. The van der Waals surface area contributed by atoms with E-state index in [1.165, 1.54) is 11.4 Å². The van der Waals surface area contributed by atoms with Crippen molar-refractivity contribution in [2.75, 3.05) is 27.7 Å². The van der Waals surface area contributed by atoms with Crippen molar-refractivity contribution in [2.24, 2.45) is 0 Å². The molecule has 0 aromatic heterocycles. The summed E-state index contributed by atoms with van der Waals surface area (Å²) in [4.78, 5) is 2.06. The van der Waals surface area contributed by atoms with Crippen LogP contribution in [0.15, 0.2) is 29.2 Å². The van der Waals surface area contributed by atoms with Crippen LogP contribution in [0.3, 0.4) is 0 Å². The van der Waals surface area contributed by atoms with Crippen LogP contribution in [0.2, 0.25) is 0 Å². The highest BCUT2D eigenvalue weighted by molar-refractivity contribution is 7.89. The van der Waals surface area contributed by atoms with Crippen LogP contribution in [0.4, 0.5) is 13.2 Å². The fourth-order valence-electron chi connectivity index (χ4n) is 3.64. The van der Waals surface area contributed by atoms with E-state index in [2.05, 4.69) is 25.9 Å². The van der Waals surface area contributed by atoms with Gasteiger partial charge in [-0.25, -0.2) is 8.42 Å². The van der Waals surface area contributed by atoms with E-state index in [0.717, 1.165) is 49.9 Å². The lowest BCUT2D eigenvalue weighted by Crippen LogP contribution is -2.40. The fraction of sp³-hybridized carbons (Fsp3) is 0.714. The molecule has 1 unspecified atom stereocenters. The number of hydrogen-bond acceptors (Lipinski definition) is 4. The van der Waals surface area contributed by atoms with Crippen LogP contribution in [0.1, 0.15) is 51.0 Å². The molecule has 0 radical (unpaired) electrons. The first-order chi connectivity index (χ1) is 13.9. The Bertz CT molecular complexity index is 759. The SMILES string of the molecule is CC(CCCO[C@H]1CC[C@H](N(C)S(=O)(=O)c2ccc(C(F)(F)F)cc2)CC1)N(C)C. The number of halogens is 3. The molecule has 1 aliphatic rings. The third kappa shape index (κ3) is 6.67. The highest BCUT2D eigenvalue weighted by atomic mass is 32.2. The largest absolute Gasteiger partial charge is 0.416 e. The molecule has 9 heteroatoms. The minimum atomic E-state index is -4.49. The first kappa shape index (κ1) is 25.1. The van der Waals surface area contributed by atoms with Gasteiger partial charge in [0.25, 0.3) is 0 Å². The van der Waals surface area contributed by atoms with Crippen LogP contribution in [0.5, 0.6) is 0 Å². The molecule has 30 heavy (non-hydrogen) atoms. The minimum absolute atomic E-state index is 0.119. The van der Waals surface area contributed by atoms with Crippen LogP contribution in [-0.4, -0.2) is 63.6 Å². The second kappa shape index (κ2) is 10.4. The van der Waals surface area contributed by atoms with E-state index in [4.69, 9.17) is 4.74 Å². The van der Waals surface area contributed by atoms with Gasteiger partial charge < -0.3 is 9.64 Å². The van der Waals surface area contributed by atoms with Gasteiger partial charge in [0.2, 0.25) is 10.0 Å². The molecular formula is C21H33F3N2O3S. The van der Waals surface area contributed by atoms with Crippen LogP contribution in [0, 0.1) is 0 Å². The molecule has 1 aliphatic carbocycles. The summed E-state index contributed by atoms with van der Waals surface area (Å²) >= 11 is 0. The molecule has 2 rings (SSSR count). The Morgan fingerprint density at radius 3 is 2.13 bits per heavy atom. The second-order valence-electron chi connectivity index (χ2n) is 8.30. The lowest BCUT2D eigenvalue weighted by molar-refractivity contribution is -0.137. The van der Waals surface area contributed by atoms with Crippen LogP contribution in [0.25, 0.3) is 0 Å². The molecule has 1 aromatic carbocycles. The topological polar surface area (TPSA) is 49.9 Å². The van der Waals surface area contributed by atoms with Gasteiger partial charge in [-0.3, -0.25) is 0 Å². The Balaban J connectivity index is 1.84. The molecule has 1 aromatic rings. The average Bonchev–Trinajstić information content (AvgIpc) is 2.70. The summed E-state index contributed by atoms with van der Waals surface area (Å²) < 4.78 is 71.0. The molecule has 0 heterocycles. The first-order valence-electron chi connectivity index (χ1n) is 10.4. The van der Waals surface area contributed by atoms with Gasteiger partial charge >= 0.3 is 6.18 Å². The van der Waals surface area contributed by atoms with Crippen molar-refractivity contribution in [2.45, 2.75) is 74.7 Å². The third-order valence-corrected chi connectivity index (χ3v) is 7.94. The van der Waals surface area contributed by atoms with Crippen LogP contribution in [-0.2, 0) is 20.9 Å². The van der Waals surface area contributed by atoms with Crippen molar-refractivity contribution < 1.29 is 26.3 Å². The third-order valence-electron chi connectivity index (χ3n) is 6.02. The average molecular weight is 451 g/mol. The van der Waals surface area contributed by atoms with E-state index in [9.17, 15) is 21.6 Å². The Labute approximate surface area is 178 Å². The van der Waals surface area contributed by atoms with Gasteiger partial charge in [-0.1, -0.05) is 0 Å². The van der Waals surface area contributed by atoms with Crippen molar-refractivity contribution in [3.8, 4) is 0 Å². The molecule has 1 saturated carbocycles. The summed E-state index contributed by atoms with van der Waals surface area (Å²) in [6, 6.07) is 4.00. The lowest BCUT2D eigenvalue weighted by Gasteiger charge is -2.34. The Morgan fingerprint density at radius 2 is 1.63 bits per heavy atom. The maximum atomic E-state index is 12.8. The zero-order chi connectivity index (χ0) is 22.5. The monoisotopic (exact) mass is 450 g/mol. The summed E-state index contributed by atoms with van der Waals surface area (Å²) in [5, 5.41) is 0. The molecule has 0 aliphatic heterocycles. The molecule has 0 amide bonds. The van der Waals surface area contributed by atoms with Gasteiger partial charge in [-0.15, -0.1) is 0 Å². The number of alkyl halides is 3. The van der Waals surface area contributed by atoms with E-state index < -0.39 is 21.8 Å². The first-order valence-corrected chi connectivity index (χ1v) is 11.8. The molecule has 0 bridgehead atoms. The van der Waals surface area contributed by atoms with E-state index in [0.29, 0.717) is 25.5 Å². The van der Waals surface area contributed by atoms with Gasteiger partial charge in [-0.2, -0.15) is 17.5 Å². The van der Waals surface area contributed by atoms with Crippen molar-refractivity contribution in [3.05, 3.63) is 29.8 Å². The minimum Gasteiger partial charge on any atom is -0.378 e. The van der Waals surface area contributed by atoms with Gasteiger partial charge in [-0.05, 0) is 83.8 Å². The molecular weight excluding hydrogens is 417 g/mol. The van der Waals surface area contributed by atoms with Gasteiger partial charge in [0.15, 0.2) is 0 Å². The number of benzene rings is 1. The highest BCUT2D eigenvalue weighted by Gasteiger charge is 2.34. The number of hydrogen-bond donors (Lipinski definition) is 0. The van der Waals surface area contributed by atoms with Crippen molar-refractivity contribution in [1.82, 2.24) is 9.21 Å².